The van der Waals surface area contributed by atoms with Crippen molar-refractivity contribution in [2.24, 2.45) is 0 Å². The summed E-state index contributed by atoms with van der Waals surface area (Å²) in [5, 5.41) is 3.53. The minimum absolute atomic E-state index is 0.725. The highest BCUT2D eigenvalue weighted by molar-refractivity contribution is 6.47. The molecule has 2 fully saturated rings. The number of hydrogen-bond donors (Lipinski definition) is 1. The van der Waals surface area contributed by atoms with Crippen LogP contribution >= 0.6 is 23.2 Å². The molecule has 4 nitrogen and oxygen atoms in total. The first-order valence-corrected chi connectivity index (χ1v) is 8.53. The normalized spacial score (nSPS) is 37.5. The third-order valence-corrected chi connectivity index (χ3v) is 5.84. The van der Waals surface area contributed by atoms with Gasteiger partial charge in [0, 0.05) is 32.6 Å². The van der Waals surface area contributed by atoms with Crippen LogP contribution in [0.3, 0.4) is 0 Å². The summed E-state index contributed by atoms with van der Waals surface area (Å²) in [4.78, 5) is 4.84. The first-order valence-electron chi connectivity index (χ1n) is 7.77. The summed E-state index contributed by atoms with van der Waals surface area (Å²) in [7, 11) is 4.35. The maximum absolute atomic E-state index is 6.78. The van der Waals surface area contributed by atoms with Gasteiger partial charge in [-0.05, 0) is 49.8 Å². The highest BCUT2D eigenvalue weighted by atomic mass is 35.5. The Morgan fingerprint density at radius 2 is 1.80 bits per heavy atom. The summed E-state index contributed by atoms with van der Waals surface area (Å²) in [6.07, 6.45) is 2.31. The third-order valence-electron chi connectivity index (χ3n) is 4.78. The van der Waals surface area contributed by atoms with Crippen molar-refractivity contribution in [1.29, 1.82) is 0 Å². The van der Waals surface area contributed by atoms with Crippen molar-refractivity contribution in [2.45, 2.75) is 17.3 Å². The third kappa shape index (κ3) is 4.21. The summed E-state index contributed by atoms with van der Waals surface area (Å²) in [6, 6.07) is 0. The van der Waals surface area contributed by atoms with Crippen LogP contribution in [0, 0.1) is 0 Å². The van der Waals surface area contributed by atoms with Crippen molar-refractivity contribution in [3.8, 4) is 0 Å². The molecule has 2 heterocycles. The summed E-state index contributed by atoms with van der Waals surface area (Å²) in [5.41, 5.74) is 0. The second-order valence-electron chi connectivity index (χ2n) is 6.55. The number of fused-ring (bicyclic) bond motifs is 3. The van der Waals surface area contributed by atoms with E-state index >= 15 is 0 Å². The number of quaternary nitrogens is 1. The standard InChI is InChI=1S/C14H29Cl2N4/c1-18-7-4-8-19-9-6-17-5-3-11-20(2,12-10-19)14(15,16)13-18/h17H,3-13H2,1-2H3/q+1. The minimum Gasteiger partial charge on any atom is -0.315 e. The number of likely N-dealkylation sites (N-methyl/N-ethyl adjacent to an activating group) is 2. The van der Waals surface area contributed by atoms with E-state index in [1.54, 1.807) is 0 Å². The monoisotopic (exact) mass is 323 g/mol. The number of rotatable bonds is 0. The van der Waals surface area contributed by atoms with E-state index in [9.17, 15) is 0 Å². The molecule has 2 atom stereocenters. The van der Waals surface area contributed by atoms with Crippen LogP contribution in [0.25, 0.3) is 0 Å². The zero-order valence-corrected chi connectivity index (χ0v) is 14.4. The predicted molar refractivity (Wildman–Crippen MR) is 86.4 cm³/mol. The molecule has 1 N–H and O–H groups in total. The van der Waals surface area contributed by atoms with Gasteiger partial charge in [0.15, 0.2) is 0 Å². The van der Waals surface area contributed by atoms with Gasteiger partial charge in [-0.25, -0.2) is 0 Å². The smallest absolute Gasteiger partial charge is 0.263 e. The second kappa shape index (κ2) is 7.12. The molecular weight excluding hydrogens is 295 g/mol. The Morgan fingerprint density at radius 3 is 2.60 bits per heavy atom. The number of halogens is 2. The first kappa shape index (κ1) is 16.8. The predicted octanol–water partition coefficient (Wildman–Crippen LogP) is 1.20. The Bertz CT molecular complexity index is 314. The second-order valence-corrected chi connectivity index (χ2v) is 7.99. The van der Waals surface area contributed by atoms with E-state index in [-0.39, 0.29) is 0 Å². The molecule has 0 aromatic rings. The quantitative estimate of drug-likeness (QED) is 0.410. The topological polar surface area (TPSA) is 18.5 Å². The molecule has 0 aliphatic carbocycles. The van der Waals surface area contributed by atoms with Gasteiger partial charge in [0.1, 0.15) is 0 Å². The van der Waals surface area contributed by atoms with Crippen LogP contribution in [-0.4, -0.2) is 91.7 Å². The first-order chi connectivity index (χ1) is 9.43. The fourth-order valence-corrected chi connectivity index (χ4v) is 3.94. The van der Waals surface area contributed by atoms with Crippen molar-refractivity contribution in [3.05, 3.63) is 0 Å². The van der Waals surface area contributed by atoms with E-state index in [0.717, 1.165) is 63.3 Å². The molecule has 0 saturated carbocycles. The molecule has 118 valence electrons. The Morgan fingerprint density at radius 1 is 1.00 bits per heavy atom. The molecule has 0 aromatic carbocycles. The fourth-order valence-electron chi connectivity index (χ4n) is 3.19. The lowest BCUT2D eigenvalue weighted by atomic mass is 10.2. The zero-order chi connectivity index (χ0) is 14.6. The highest BCUT2D eigenvalue weighted by Gasteiger charge is 2.46. The molecule has 0 radical (unpaired) electrons. The van der Waals surface area contributed by atoms with Crippen LogP contribution in [0.4, 0.5) is 0 Å². The van der Waals surface area contributed by atoms with E-state index in [2.05, 4.69) is 29.2 Å². The van der Waals surface area contributed by atoms with Crippen LogP contribution in [0.5, 0.6) is 0 Å². The number of nitrogens with zero attached hydrogens (tertiary/aromatic N) is 3. The van der Waals surface area contributed by atoms with Gasteiger partial charge in [0.2, 0.25) is 0 Å². The largest absolute Gasteiger partial charge is 0.315 e. The van der Waals surface area contributed by atoms with Gasteiger partial charge in [0.25, 0.3) is 4.46 Å². The van der Waals surface area contributed by atoms with E-state index in [1.165, 1.54) is 13.0 Å². The summed E-state index contributed by atoms with van der Waals surface area (Å²) >= 11 is 13.6. The number of alkyl halides is 2. The van der Waals surface area contributed by atoms with Crippen LogP contribution < -0.4 is 5.32 Å². The van der Waals surface area contributed by atoms with Crippen molar-refractivity contribution in [2.75, 3.05) is 73.0 Å². The SMILES string of the molecule is CN1CCCN2CCNCCC[N+](C)(CC2)C(Cl)(Cl)C1. The Kier molecular flexibility index (Phi) is 5.98. The average molecular weight is 324 g/mol. The maximum Gasteiger partial charge on any atom is 0.263 e. The fraction of sp³-hybridized carbons (Fsp3) is 1.00. The van der Waals surface area contributed by atoms with Gasteiger partial charge >= 0.3 is 0 Å². The molecule has 0 amide bonds. The van der Waals surface area contributed by atoms with Crippen LogP contribution in [0.15, 0.2) is 0 Å². The molecule has 2 aliphatic rings. The summed E-state index contributed by atoms with van der Waals surface area (Å²) in [5.74, 6) is 0. The van der Waals surface area contributed by atoms with E-state index in [1.807, 2.05) is 0 Å². The Balaban J connectivity index is 2.19. The maximum atomic E-state index is 6.78. The lowest BCUT2D eigenvalue weighted by molar-refractivity contribution is -0.931. The molecule has 20 heavy (non-hydrogen) atoms. The van der Waals surface area contributed by atoms with Gasteiger partial charge in [-0.2, -0.15) is 0 Å². The minimum atomic E-state index is -0.725. The molecule has 0 spiro atoms. The Labute approximate surface area is 133 Å². The average Bonchev–Trinajstić information content (AvgIpc) is 2.37. The molecule has 2 unspecified atom stereocenters. The van der Waals surface area contributed by atoms with Crippen LogP contribution in [-0.2, 0) is 0 Å². The lowest BCUT2D eigenvalue weighted by Crippen LogP contribution is -2.63. The summed E-state index contributed by atoms with van der Waals surface area (Å²) in [6.45, 7) is 9.38. The van der Waals surface area contributed by atoms with Gasteiger partial charge < -0.3 is 5.32 Å². The molecule has 2 aliphatic heterocycles. The van der Waals surface area contributed by atoms with E-state index in [4.69, 9.17) is 23.2 Å². The van der Waals surface area contributed by atoms with Crippen molar-refractivity contribution < 1.29 is 4.48 Å². The summed E-state index contributed by atoms with van der Waals surface area (Å²) < 4.78 is 0.00951. The van der Waals surface area contributed by atoms with Crippen molar-refractivity contribution in [1.82, 2.24) is 15.1 Å². The number of hydrogen-bond acceptors (Lipinski definition) is 3. The number of nitrogens with one attached hydrogen (secondary N) is 1. The van der Waals surface area contributed by atoms with Crippen molar-refractivity contribution >= 4 is 23.2 Å². The molecule has 2 rings (SSSR count). The van der Waals surface area contributed by atoms with Gasteiger partial charge in [0.05, 0.1) is 26.7 Å². The van der Waals surface area contributed by atoms with E-state index < -0.39 is 4.46 Å². The van der Waals surface area contributed by atoms with Crippen LogP contribution in [0.1, 0.15) is 12.8 Å². The van der Waals surface area contributed by atoms with Gasteiger partial charge in [-0.15, -0.1) is 0 Å². The van der Waals surface area contributed by atoms with Gasteiger partial charge in [-0.1, -0.05) is 0 Å². The van der Waals surface area contributed by atoms with Gasteiger partial charge in [-0.3, -0.25) is 14.3 Å². The molecular formula is C14H29Cl2N4+. The Hall–Kier alpha value is 0.420. The molecule has 0 aromatic heterocycles. The lowest BCUT2D eigenvalue weighted by Gasteiger charge is -2.47. The molecule has 6 heteroatoms. The molecule has 2 bridgehead atoms. The van der Waals surface area contributed by atoms with E-state index in [0.29, 0.717) is 0 Å². The van der Waals surface area contributed by atoms with Crippen molar-refractivity contribution in [3.63, 3.8) is 0 Å². The highest BCUT2D eigenvalue weighted by Crippen LogP contribution is 2.34. The van der Waals surface area contributed by atoms with Crippen LogP contribution in [0.2, 0.25) is 0 Å². The molecule has 2 saturated heterocycles. The zero-order valence-electron chi connectivity index (χ0n) is 12.9.